The minimum atomic E-state index is 0.0118. The molecular weight excluding hydrogens is 398 g/mol. The van der Waals surface area contributed by atoms with Crippen LogP contribution < -0.4 is 10.2 Å². The number of carbonyl (C=O) groups is 1. The van der Waals surface area contributed by atoms with Crippen molar-refractivity contribution in [1.82, 2.24) is 14.9 Å². The van der Waals surface area contributed by atoms with Crippen LogP contribution in [0.4, 0.5) is 17.3 Å². The van der Waals surface area contributed by atoms with E-state index in [0.29, 0.717) is 42.6 Å². The zero-order chi connectivity index (χ0) is 21.1. The molecule has 1 aromatic heterocycles. The van der Waals surface area contributed by atoms with Crippen molar-refractivity contribution in [1.29, 1.82) is 0 Å². The van der Waals surface area contributed by atoms with Gasteiger partial charge in [0.1, 0.15) is 17.5 Å². The lowest BCUT2D eigenvalue weighted by atomic mass is 10.2. The third-order valence-electron chi connectivity index (χ3n) is 5.11. The number of rotatable bonds is 4. The fourth-order valence-electron chi connectivity index (χ4n) is 3.51. The molecule has 1 aliphatic rings. The molecule has 2 heterocycles. The molecule has 0 radical (unpaired) electrons. The predicted molar refractivity (Wildman–Crippen MR) is 121 cm³/mol. The van der Waals surface area contributed by atoms with Gasteiger partial charge in [-0.1, -0.05) is 35.4 Å². The SMILES string of the molecule is Cc1ccc(Nc2cc(N3CCN(C(=O)c4cccc(Cl)c4)CC3)nc(C)n2)cc1. The number of benzene rings is 2. The van der Waals surface area contributed by atoms with Crippen LogP contribution in [-0.2, 0) is 0 Å². The van der Waals surface area contributed by atoms with Crippen molar-refractivity contribution >= 4 is 34.8 Å². The average Bonchev–Trinajstić information content (AvgIpc) is 2.74. The first-order chi connectivity index (χ1) is 14.5. The van der Waals surface area contributed by atoms with E-state index in [1.165, 1.54) is 5.56 Å². The van der Waals surface area contributed by atoms with Crippen LogP contribution in [0, 0.1) is 13.8 Å². The first kappa shape index (κ1) is 20.2. The highest BCUT2D eigenvalue weighted by Gasteiger charge is 2.23. The molecule has 30 heavy (non-hydrogen) atoms. The van der Waals surface area contributed by atoms with Crippen LogP contribution in [0.1, 0.15) is 21.7 Å². The van der Waals surface area contributed by atoms with Crippen molar-refractivity contribution in [3.8, 4) is 0 Å². The van der Waals surface area contributed by atoms with Gasteiger partial charge in [0.2, 0.25) is 0 Å². The fourth-order valence-corrected chi connectivity index (χ4v) is 3.70. The Morgan fingerprint density at radius 2 is 1.70 bits per heavy atom. The van der Waals surface area contributed by atoms with Crippen LogP contribution in [0.3, 0.4) is 0 Å². The molecule has 0 spiro atoms. The zero-order valence-electron chi connectivity index (χ0n) is 17.1. The Kier molecular flexibility index (Phi) is 5.86. The van der Waals surface area contributed by atoms with Gasteiger partial charge in [0, 0.05) is 48.5 Å². The fraction of sp³-hybridized carbons (Fsp3) is 0.261. The molecule has 1 aliphatic heterocycles. The topological polar surface area (TPSA) is 61.4 Å². The normalized spacial score (nSPS) is 14.0. The summed E-state index contributed by atoms with van der Waals surface area (Å²) in [5.41, 5.74) is 2.82. The summed E-state index contributed by atoms with van der Waals surface area (Å²) in [4.78, 5) is 25.9. The molecule has 0 bridgehead atoms. The molecule has 6 nitrogen and oxygen atoms in total. The van der Waals surface area contributed by atoms with E-state index in [1.54, 1.807) is 24.3 Å². The highest BCUT2D eigenvalue weighted by Crippen LogP contribution is 2.22. The summed E-state index contributed by atoms with van der Waals surface area (Å²) >= 11 is 6.03. The molecule has 1 amide bonds. The molecule has 0 aliphatic carbocycles. The third kappa shape index (κ3) is 4.71. The van der Waals surface area contributed by atoms with E-state index in [-0.39, 0.29) is 5.91 Å². The maximum Gasteiger partial charge on any atom is 0.254 e. The monoisotopic (exact) mass is 421 g/mol. The minimum Gasteiger partial charge on any atom is -0.353 e. The molecule has 3 aromatic rings. The van der Waals surface area contributed by atoms with E-state index >= 15 is 0 Å². The van der Waals surface area contributed by atoms with Crippen molar-refractivity contribution in [2.75, 3.05) is 36.4 Å². The highest BCUT2D eigenvalue weighted by molar-refractivity contribution is 6.30. The number of amides is 1. The number of hydrogen-bond acceptors (Lipinski definition) is 5. The Balaban J connectivity index is 1.43. The van der Waals surface area contributed by atoms with Crippen LogP contribution in [0.25, 0.3) is 0 Å². The Labute approximate surface area is 181 Å². The summed E-state index contributed by atoms with van der Waals surface area (Å²) in [7, 11) is 0. The Bertz CT molecular complexity index is 1050. The predicted octanol–water partition coefficient (Wildman–Crippen LogP) is 4.45. The first-order valence-electron chi connectivity index (χ1n) is 9.97. The number of carbonyl (C=O) groups excluding carboxylic acids is 1. The van der Waals surface area contributed by atoms with Gasteiger partial charge in [0.15, 0.2) is 0 Å². The summed E-state index contributed by atoms with van der Waals surface area (Å²) in [5.74, 6) is 2.35. The summed E-state index contributed by atoms with van der Waals surface area (Å²) in [5, 5.41) is 3.92. The van der Waals surface area contributed by atoms with Gasteiger partial charge in [-0.3, -0.25) is 4.79 Å². The molecule has 4 rings (SSSR count). The highest BCUT2D eigenvalue weighted by atomic mass is 35.5. The Hall–Kier alpha value is -3.12. The van der Waals surface area contributed by atoms with Gasteiger partial charge in [0.25, 0.3) is 5.91 Å². The van der Waals surface area contributed by atoms with Gasteiger partial charge < -0.3 is 15.1 Å². The van der Waals surface area contributed by atoms with Crippen molar-refractivity contribution < 1.29 is 4.79 Å². The van der Waals surface area contributed by atoms with Crippen LogP contribution in [0.5, 0.6) is 0 Å². The molecular formula is C23H24ClN5O. The standard InChI is InChI=1S/C23H24ClN5O/c1-16-6-8-20(9-7-16)27-21-15-22(26-17(2)25-21)28-10-12-29(13-11-28)23(30)18-4-3-5-19(24)14-18/h3-9,14-15H,10-13H2,1-2H3,(H,25,26,27). The van der Waals surface area contributed by atoms with Crippen molar-refractivity contribution in [3.05, 3.63) is 76.6 Å². The third-order valence-corrected chi connectivity index (χ3v) is 5.35. The zero-order valence-corrected chi connectivity index (χ0v) is 17.9. The minimum absolute atomic E-state index is 0.0118. The summed E-state index contributed by atoms with van der Waals surface area (Å²) in [6.07, 6.45) is 0. The van der Waals surface area contributed by atoms with E-state index in [1.807, 2.05) is 30.0 Å². The molecule has 7 heteroatoms. The number of hydrogen-bond donors (Lipinski definition) is 1. The first-order valence-corrected chi connectivity index (χ1v) is 10.3. The largest absolute Gasteiger partial charge is 0.353 e. The van der Waals surface area contributed by atoms with E-state index in [4.69, 9.17) is 11.6 Å². The molecule has 1 N–H and O–H groups in total. The number of anilines is 3. The van der Waals surface area contributed by atoms with Gasteiger partial charge in [-0.05, 0) is 44.2 Å². The van der Waals surface area contributed by atoms with Gasteiger partial charge in [-0.15, -0.1) is 0 Å². The van der Waals surface area contributed by atoms with E-state index in [9.17, 15) is 4.79 Å². The Morgan fingerprint density at radius 1 is 0.967 bits per heavy atom. The number of aryl methyl sites for hydroxylation is 2. The summed E-state index contributed by atoms with van der Waals surface area (Å²) < 4.78 is 0. The van der Waals surface area contributed by atoms with Crippen molar-refractivity contribution in [2.24, 2.45) is 0 Å². The Morgan fingerprint density at radius 3 is 2.40 bits per heavy atom. The number of halogens is 1. The lowest BCUT2D eigenvalue weighted by Gasteiger charge is -2.35. The van der Waals surface area contributed by atoms with Crippen molar-refractivity contribution in [2.45, 2.75) is 13.8 Å². The number of nitrogens with zero attached hydrogens (tertiary/aromatic N) is 4. The quantitative estimate of drug-likeness (QED) is 0.674. The molecule has 0 unspecified atom stereocenters. The van der Waals surface area contributed by atoms with Gasteiger partial charge in [-0.25, -0.2) is 9.97 Å². The van der Waals surface area contributed by atoms with Gasteiger partial charge >= 0.3 is 0 Å². The van der Waals surface area contributed by atoms with Crippen molar-refractivity contribution in [3.63, 3.8) is 0 Å². The number of piperazine rings is 1. The molecule has 0 saturated carbocycles. The molecule has 154 valence electrons. The molecule has 1 fully saturated rings. The van der Waals surface area contributed by atoms with E-state index in [2.05, 4.69) is 39.2 Å². The van der Waals surface area contributed by atoms with Crippen LogP contribution in [-0.4, -0.2) is 47.0 Å². The number of nitrogens with one attached hydrogen (secondary N) is 1. The van der Waals surface area contributed by atoms with E-state index in [0.717, 1.165) is 17.3 Å². The van der Waals surface area contributed by atoms with Gasteiger partial charge in [0.05, 0.1) is 0 Å². The molecule has 0 atom stereocenters. The number of aromatic nitrogens is 2. The maximum absolute atomic E-state index is 12.7. The van der Waals surface area contributed by atoms with Crippen LogP contribution in [0.15, 0.2) is 54.6 Å². The summed E-state index contributed by atoms with van der Waals surface area (Å²) in [6, 6.07) is 17.2. The van der Waals surface area contributed by atoms with Crippen LogP contribution in [0.2, 0.25) is 5.02 Å². The molecule has 2 aromatic carbocycles. The lowest BCUT2D eigenvalue weighted by molar-refractivity contribution is 0.0746. The maximum atomic E-state index is 12.7. The molecule has 1 saturated heterocycles. The second kappa shape index (κ2) is 8.71. The van der Waals surface area contributed by atoms with E-state index < -0.39 is 0 Å². The lowest BCUT2D eigenvalue weighted by Crippen LogP contribution is -2.49. The second-order valence-electron chi connectivity index (χ2n) is 7.44. The van der Waals surface area contributed by atoms with Gasteiger partial charge in [-0.2, -0.15) is 0 Å². The smallest absolute Gasteiger partial charge is 0.254 e. The van der Waals surface area contributed by atoms with Crippen LogP contribution >= 0.6 is 11.6 Å². The average molecular weight is 422 g/mol. The second-order valence-corrected chi connectivity index (χ2v) is 7.88. The summed E-state index contributed by atoms with van der Waals surface area (Å²) in [6.45, 7) is 6.65.